The Morgan fingerprint density at radius 1 is 1.52 bits per heavy atom. The number of thioether (sulfide) groups is 1. The van der Waals surface area contributed by atoms with Gasteiger partial charge in [0.05, 0.1) is 0 Å². The molecule has 0 saturated carbocycles. The minimum atomic E-state index is -0.182. The maximum absolute atomic E-state index is 11.4. The van der Waals surface area contributed by atoms with E-state index in [9.17, 15) is 4.79 Å². The molecule has 4 N–H and O–H groups in total. The summed E-state index contributed by atoms with van der Waals surface area (Å²) in [5.74, 6) is 0.544. The van der Waals surface area contributed by atoms with Crippen LogP contribution in [0.3, 0.4) is 0 Å². The monoisotopic (exact) mass is 324 g/mol. The van der Waals surface area contributed by atoms with Crippen LogP contribution in [0.15, 0.2) is 39.4 Å². The van der Waals surface area contributed by atoms with Crippen LogP contribution in [-0.2, 0) is 5.75 Å². The van der Waals surface area contributed by atoms with E-state index in [1.165, 1.54) is 17.8 Å². The third kappa shape index (κ3) is 3.99. The Hall–Kier alpha value is -1.99. The number of amidine groups is 1. The largest absolute Gasteiger partial charge is 0.409 e. The zero-order valence-electron chi connectivity index (χ0n) is 11.1. The second-order valence-electron chi connectivity index (χ2n) is 4.27. The number of aromatic nitrogens is 2. The first-order valence-corrected chi connectivity index (χ1v) is 7.33. The number of nitrogens with zero attached hydrogens (tertiary/aromatic N) is 2. The highest BCUT2D eigenvalue weighted by atomic mass is 35.5. The number of rotatable bonds is 4. The van der Waals surface area contributed by atoms with Gasteiger partial charge < -0.3 is 15.9 Å². The highest BCUT2D eigenvalue weighted by Gasteiger charge is 2.07. The molecule has 0 aliphatic rings. The van der Waals surface area contributed by atoms with Crippen LogP contribution in [0.5, 0.6) is 0 Å². The summed E-state index contributed by atoms with van der Waals surface area (Å²) in [7, 11) is 0. The average Bonchev–Trinajstić information content (AvgIpc) is 2.44. The van der Waals surface area contributed by atoms with Gasteiger partial charge in [-0.2, -0.15) is 0 Å². The Labute approximate surface area is 130 Å². The van der Waals surface area contributed by atoms with Crippen molar-refractivity contribution in [2.24, 2.45) is 10.9 Å². The van der Waals surface area contributed by atoms with Crippen LogP contribution in [0.1, 0.15) is 16.8 Å². The smallest absolute Gasteiger partial charge is 0.251 e. The van der Waals surface area contributed by atoms with Gasteiger partial charge in [-0.15, -0.1) is 0 Å². The van der Waals surface area contributed by atoms with Crippen molar-refractivity contribution in [2.75, 3.05) is 0 Å². The van der Waals surface area contributed by atoms with Crippen molar-refractivity contribution in [2.45, 2.75) is 17.8 Å². The molecular weight excluding hydrogens is 312 g/mol. The fourth-order valence-corrected chi connectivity index (χ4v) is 2.90. The van der Waals surface area contributed by atoms with E-state index in [-0.39, 0.29) is 11.4 Å². The molecule has 1 aromatic heterocycles. The standard InChI is InChI=1S/C13H13ClN4O2S/c1-7-4-11(19)17-13(16-7)21-6-9-3-2-8(5-10(9)14)12(15)18-20/h2-5,20H,6H2,1H3,(H2,15,18)(H,16,17,19). The van der Waals surface area contributed by atoms with Gasteiger partial charge in [0.1, 0.15) is 0 Å². The Morgan fingerprint density at radius 3 is 2.90 bits per heavy atom. The zero-order chi connectivity index (χ0) is 15.4. The predicted octanol–water partition coefficient (Wildman–Crippen LogP) is 2.12. The van der Waals surface area contributed by atoms with Crippen molar-refractivity contribution in [3.8, 4) is 0 Å². The number of oxime groups is 1. The highest BCUT2D eigenvalue weighted by Crippen LogP contribution is 2.25. The highest BCUT2D eigenvalue weighted by molar-refractivity contribution is 7.98. The molecule has 0 atom stereocenters. The number of H-pyrrole nitrogens is 1. The van der Waals surface area contributed by atoms with Crippen molar-refractivity contribution in [1.29, 1.82) is 0 Å². The first-order valence-electron chi connectivity index (χ1n) is 5.96. The minimum Gasteiger partial charge on any atom is -0.409 e. The second-order valence-corrected chi connectivity index (χ2v) is 5.64. The molecule has 0 aliphatic carbocycles. The second kappa shape index (κ2) is 6.64. The van der Waals surface area contributed by atoms with Crippen LogP contribution in [-0.4, -0.2) is 21.0 Å². The molecule has 8 heteroatoms. The average molecular weight is 325 g/mol. The van der Waals surface area contributed by atoms with Crippen molar-refractivity contribution < 1.29 is 5.21 Å². The zero-order valence-corrected chi connectivity index (χ0v) is 12.7. The van der Waals surface area contributed by atoms with Crippen LogP contribution in [0.4, 0.5) is 0 Å². The molecule has 2 rings (SSSR count). The lowest BCUT2D eigenvalue weighted by atomic mass is 10.1. The van der Waals surface area contributed by atoms with Gasteiger partial charge >= 0.3 is 0 Å². The van der Waals surface area contributed by atoms with E-state index < -0.39 is 0 Å². The third-order valence-electron chi connectivity index (χ3n) is 2.67. The molecule has 110 valence electrons. The van der Waals surface area contributed by atoms with E-state index in [4.69, 9.17) is 22.5 Å². The fourth-order valence-electron chi connectivity index (χ4n) is 1.65. The van der Waals surface area contributed by atoms with Crippen molar-refractivity contribution in [3.05, 3.63) is 56.5 Å². The summed E-state index contributed by atoms with van der Waals surface area (Å²) in [6.45, 7) is 1.76. The van der Waals surface area contributed by atoms with Gasteiger partial charge in [0.15, 0.2) is 11.0 Å². The number of hydrogen-bond donors (Lipinski definition) is 3. The molecule has 0 unspecified atom stereocenters. The lowest BCUT2D eigenvalue weighted by Crippen LogP contribution is -2.13. The number of halogens is 1. The van der Waals surface area contributed by atoms with E-state index in [0.29, 0.717) is 27.2 Å². The van der Waals surface area contributed by atoms with Crippen LogP contribution >= 0.6 is 23.4 Å². The van der Waals surface area contributed by atoms with Gasteiger partial charge in [0, 0.05) is 28.1 Å². The maximum Gasteiger partial charge on any atom is 0.251 e. The SMILES string of the molecule is Cc1cc(=O)[nH]c(SCc2ccc(/C(N)=N/O)cc2Cl)n1. The summed E-state index contributed by atoms with van der Waals surface area (Å²) in [4.78, 5) is 18.2. The van der Waals surface area contributed by atoms with Crippen LogP contribution in [0, 0.1) is 6.92 Å². The molecule has 0 bridgehead atoms. The molecule has 0 radical (unpaired) electrons. The number of nitrogens with one attached hydrogen (secondary N) is 1. The molecule has 2 aromatic rings. The molecule has 0 amide bonds. The first-order chi connectivity index (χ1) is 9.99. The molecule has 0 aliphatic heterocycles. The predicted molar refractivity (Wildman–Crippen MR) is 83.1 cm³/mol. The summed E-state index contributed by atoms with van der Waals surface area (Å²) in [6, 6.07) is 6.56. The number of benzene rings is 1. The van der Waals surface area contributed by atoms with Crippen molar-refractivity contribution in [1.82, 2.24) is 9.97 Å². The first kappa shape index (κ1) is 15.4. The maximum atomic E-state index is 11.4. The van der Waals surface area contributed by atoms with Crippen LogP contribution in [0.2, 0.25) is 5.02 Å². The molecule has 6 nitrogen and oxygen atoms in total. The topological polar surface area (TPSA) is 104 Å². The minimum absolute atomic E-state index is 0.000726. The lowest BCUT2D eigenvalue weighted by molar-refractivity contribution is 0.318. The summed E-state index contributed by atoms with van der Waals surface area (Å²) in [5.41, 5.74) is 7.38. The Balaban J connectivity index is 2.15. The molecular formula is C13H13ClN4O2S. The summed E-state index contributed by atoms with van der Waals surface area (Å²) in [5, 5.41) is 12.6. The quantitative estimate of drug-likeness (QED) is 0.199. The number of nitrogens with two attached hydrogens (primary N) is 1. The molecule has 0 saturated heterocycles. The molecule has 0 spiro atoms. The van der Waals surface area contributed by atoms with Crippen molar-refractivity contribution >= 4 is 29.2 Å². The summed E-state index contributed by atoms with van der Waals surface area (Å²) < 4.78 is 0. The number of hydrogen-bond acceptors (Lipinski definition) is 5. The van der Waals surface area contributed by atoms with E-state index in [1.54, 1.807) is 25.1 Å². The molecule has 21 heavy (non-hydrogen) atoms. The van der Waals surface area contributed by atoms with E-state index in [0.717, 1.165) is 5.56 Å². The lowest BCUT2D eigenvalue weighted by Gasteiger charge is -2.06. The number of aromatic amines is 1. The van der Waals surface area contributed by atoms with Crippen LogP contribution in [0.25, 0.3) is 0 Å². The Morgan fingerprint density at radius 2 is 2.29 bits per heavy atom. The summed E-state index contributed by atoms with van der Waals surface area (Å²) in [6.07, 6.45) is 0. The molecule has 1 aromatic carbocycles. The normalized spacial score (nSPS) is 11.6. The van der Waals surface area contributed by atoms with Crippen LogP contribution < -0.4 is 11.3 Å². The Kier molecular flexibility index (Phi) is 4.87. The van der Waals surface area contributed by atoms with Gasteiger partial charge in [-0.1, -0.05) is 40.7 Å². The molecule has 1 heterocycles. The van der Waals surface area contributed by atoms with Crippen molar-refractivity contribution in [3.63, 3.8) is 0 Å². The van der Waals surface area contributed by atoms with Gasteiger partial charge in [-0.05, 0) is 18.6 Å². The van der Waals surface area contributed by atoms with E-state index >= 15 is 0 Å². The summed E-state index contributed by atoms with van der Waals surface area (Å²) >= 11 is 7.54. The van der Waals surface area contributed by atoms with E-state index in [1.807, 2.05) is 0 Å². The number of aryl methyl sites for hydroxylation is 1. The van der Waals surface area contributed by atoms with Gasteiger partial charge in [-0.3, -0.25) is 4.79 Å². The Bertz CT molecular complexity index is 745. The third-order valence-corrected chi connectivity index (χ3v) is 3.94. The van der Waals surface area contributed by atoms with Gasteiger partial charge in [0.2, 0.25) is 0 Å². The fraction of sp³-hybridized carbons (Fsp3) is 0.154. The van der Waals surface area contributed by atoms with E-state index in [2.05, 4.69) is 15.1 Å². The van der Waals surface area contributed by atoms with Gasteiger partial charge in [0.25, 0.3) is 5.56 Å². The molecule has 0 fully saturated rings. The van der Waals surface area contributed by atoms with Gasteiger partial charge in [-0.25, -0.2) is 4.98 Å².